The number of hydrogen-bond acceptors (Lipinski definition) is 4. The lowest BCUT2D eigenvalue weighted by Crippen LogP contribution is -2.46. The molecule has 1 aromatic carbocycles. The molecule has 3 N–H and O–H groups in total. The van der Waals surface area contributed by atoms with Gasteiger partial charge in [-0.15, -0.1) is 0 Å². The summed E-state index contributed by atoms with van der Waals surface area (Å²) in [5, 5.41) is 15.6. The van der Waals surface area contributed by atoms with E-state index in [0.29, 0.717) is 0 Å². The molecule has 138 valence electrons. The lowest BCUT2D eigenvalue weighted by molar-refractivity contribution is 0.156. The molecule has 0 radical (unpaired) electrons. The Labute approximate surface area is 150 Å². The number of likely N-dealkylation sites (N-methyl/N-ethyl adjacent to an activating group) is 1. The van der Waals surface area contributed by atoms with E-state index in [-0.39, 0.29) is 24.6 Å². The molecule has 1 heterocycles. The zero-order valence-corrected chi connectivity index (χ0v) is 15.1. The minimum absolute atomic E-state index is 0.0644. The first-order valence-corrected chi connectivity index (χ1v) is 9.38. The Morgan fingerprint density at radius 2 is 1.88 bits per heavy atom. The number of nitrogens with one attached hydrogen (secondary N) is 2. The fraction of sp³-hybridized carbons (Fsp3) is 0.632. The molecular weight excluding hydrogens is 316 g/mol. The highest BCUT2D eigenvalue weighted by Gasteiger charge is 2.26. The van der Waals surface area contributed by atoms with Crippen molar-refractivity contribution in [1.82, 2.24) is 10.2 Å². The van der Waals surface area contributed by atoms with Crippen molar-refractivity contribution in [3.63, 3.8) is 0 Å². The van der Waals surface area contributed by atoms with Crippen LogP contribution < -0.4 is 15.5 Å². The fourth-order valence-electron chi connectivity index (χ4n) is 3.85. The van der Waals surface area contributed by atoms with Crippen molar-refractivity contribution in [2.24, 2.45) is 5.92 Å². The molecule has 1 aromatic rings. The van der Waals surface area contributed by atoms with Gasteiger partial charge in [0.25, 0.3) is 0 Å². The summed E-state index contributed by atoms with van der Waals surface area (Å²) in [6.07, 6.45) is 4.18. The van der Waals surface area contributed by atoms with E-state index in [4.69, 9.17) is 0 Å². The number of amides is 2. The predicted octanol–water partition coefficient (Wildman–Crippen LogP) is 2.11. The largest absolute Gasteiger partial charge is 0.396 e. The zero-order valence-electron chi connectivity index (χ0n) is 15.1. The predicted molar refractivity (Wildman–Crippen MR) is 101 cm³/mol. The third kappa shape index (κ3) is 4.64. The van der Waals surface area contributed by atoms with E-state index >= 15 is 0 Å². The van der Waals surface area contributed by atoms with Crippen molar-refractivity contribution in [3.8, 4) is 0 Å². The molecule has 6 nitrogen and oxygen atoms in total. The smallest absolute Gasteiger partial charge is 0.319 e. The van der Waals surface area contributed by atoms with E-state index in [9.17, 15) is 9.90 Å². The monoisotopic (exact) mass is 346 g/mol. The molecule has 1 saturated heterocycles. The molecule has 2 unspecified atom stereocenters. The average molecular weight is 346 g/mol. The molecule has 1 aliphatic carbocycles. The van der Waals surface area contributed by atoms with Crippen LogP contribution in [0.5, 0.6) is 0 Å². The van der Waals surface area contributed by atoms with Crippen molar-refractivity contribution in [2.45, 2.75) is 31.7 Å². The van der Waals surface area contributed by atoms with Gasteiger partial charge < -0.3 is 25.5 Å². The number of para-hydroxylation sites is 2. The van der Waals surface area contributed by atoms with E-state index < -0.39 is 0 Å². The minimum Gasteiger partial charge on any atom is -0.396 e. The highest BCUT2D eigenvalue weighted by molar-refractivity contribution is 5.93. The Morgan fingerprint density at radius 1 is 1.16 bits per heavy atom. The number of carbonyl (C=O) groups is 1. The first-order chi connectivity index (χ1) is 12.2. The second-order valence-electron chi connectivity index (χ2n) is 7.24. The van der Waals surface area contributed by atoms with Gasteiger partial charge in [-0.05, 0) is 32.0 Å². The number of carbonyl (C=O) groups excluding carboxylic acids is 1. The van der Waals surface area contributed by atoms with Crippen LogP contribution in [-0.2, 0) is 0 Å². The van der Waals surface area contributed by atoms with Gasteiger partial charge in [-0.3, -0.25) is 0 Å². The van der Waals surface area contributed by atoms with Crippen LogP contribution in [0.3, 0.4) is 0 Å². The van der Waals surface area contributed by atoms with Crippen LogP contribution in [0.15, 0.2) is 24.3 Å². The van der Waals surface area contributed by atoms with E-state index in [1.807, 2.05) is 18.2 Å². The van der Waals surface area contributed by atoms with Crippen LogP contribution in [0.4, 0.5) is 16.2 Å². The summed E-state index contributed by atoms with van der Waals surface area (Å²) in [5.74, 6) is 0.173. The molecule has 2 fully saturated rings. The molecule has 3 rings (SSSR count). The lowest BCUT2D eigenvalue weighted by Gasteiger charge is -2.35. The van der Waals surface area contributed by atoms with E-state index in [0.717, 1.165) is 63.2 Å². The van der Waals surface area contributed by atoms with Gasteiger partial charge in [-0.2, -0.15) is 0 Å². The number of rotatable bonds is 4. The maximum absolute atomic E-state index is 12.5. The summed E-state index contributed by atoms with van der Waals surface area (Å²) in [6.45, 7) is 4.13. The molecule has 2 atom stereocenters. The molecule has 0 bridgehead atoms. The van der Waals surface area contributed by atoms with E-state index in [1.165, 1.54) is 0 Å². The Hall–Kier alpha value is -1.79. The molecule has 2 aliphatic rings. The standard InChI is InChI=1S/C19H30N4O2/c1-22-10-12-23(13-11-22)18-9-5-4-8-17(18)21-19(25)20-16-7-3-2-6-15(16)14-24/h4-5,8-9,15-16,24H,2-3,6-7,10-14H2,1H3,(H2,20,21,25). The summed E-state index contributed by atoms with van der Waals surface area (Å²) < 4.78 is 0. The quantitative estimate of drug-likeness (QED) is 0.781. The maximum atomic E-state index is 12.5. The number of aliphatic hydroxyl groups is 1. The van der Waals surface area contributed by atoms with Gasteiger partial charge in [-0.25, -0.2) is 4.79 Å². The molecule has 25 heavy (non-hydrogen) atoms. The third-order valence-corrected chi connectivity index (χ3v) is 5.46. The van der Waals surface area contributed by atoms with Gasteiger partial charge in [0.1, 0.15) is 0 Å². The molecule has 0 spiro atoms. The third-order valence-electron chi connectivity index (χ3n) is 5.46. The van der Waals surface area contributed by atoms with Crippen LogP contribution in [-0.4, -0.2) is 61.9 Å². The van der Waals surface area contributed by atoms with E-state index in [1.54, 1.807) is 0 Å². The maximum Gasteiger partial charge on any atom is 0.319 e. The van der Waals surface area contributed by atoms with Crippen LogP contribution >= 0.6 is 0 Å². The Kier molecular flexibility index (Phi) is 6.15. The van der Waals surface area contributed by atoms with Gasteiger partial charge in [0.15, 0.2) is 0 Å². The summed E-state index contributed by atoms with van der Waals surface area (Å²) in [4.78, 5) is 17.1. The molecule has 0 aromatic heterocycles. The van der Waals surface area contributed by atoms with Gasteiger partial charge in [0.05, 0.1) is 11.4 Å². The Morgan fingerprint density at radius 3 is 2.64 bits per heavy atom. The van der Waals surface area contributed by atoms with Crippen LogP contribution in [0, 0.1) is 5.92 Å². The number of anilines is 2. The molecular formula is C19H30N4O2. The minimum atomic E-state index is -0.174. The number of aliphatic hydroxyl groups excluding tert-OH is 1. The number of benzene rings is 1. The van der Waals surface area contributed by atoms with Crippen LogP contribution in [0.25, 0.3) is 0 Å². The van der Waals surface area contributed by atoms with E-state index in [2.05, 4.69) is 33.5 Å². The summed E-state index contributed by atoms with van der Waals surface area (Å²) >= 11 is 0. The summed E-state index contributed by atoms with van der Waals surface area (Å²) in [6, 6.07) is 7.88. The van der Waals surface area contributed by atoms with Crippen molar-refractivity contribution in [2.75, 3.05) is 50.1 Å². The highest BCUT2D eigenvalue weighted by Crippen LogP contribution is 2.27. The second-order valence-corrected chi connectivity index (χ2v) is 7.24. The number of urea groups is 1. The summed E-state index contributed by atoms with van der Waals surface area (Å²) in [5.41, 5.74) is 1.93. The van der Waals surface area contributed by atoms with Gasteiger partial charge in [0, 0.05) is 44.7 Å². The second kappa shape index (κ2) is 8.54. The molecule has 1 aliphatic heterocycles. The number of nitrogens with zero attached hydrogens (tertiary/aromatic N) is 2. The van der Waals surface area contributed by atoms with Crippen molar-refractivity contribution < 1.29 is 9.90 Å². The Bertz CT molecular complexity index is 572. The SMILES string of the molecule is CN1CCN(c2ccccc2NC(=O)NC2CCCCC2CO)CC1. The highest BCUT2D eigenvalue weighted by atomic mass is 16.3. The van der Waals surface area contributed by atoms with Crippen molar-refractivity contribution >= 4 is 17.4 Å². The normalized spacial score (nSPS) is 24.8. The van der Waals surface area contributed by atoms with Crippen LogP contribution in [0.1, 0.15) is 25.7 Å². The number of piperazine rings is 1. The van der Waals surface area contributed by atoms with Gasteiger partial charge in [0.2, 0.25) is 0 Å². The number of hydrogen-bond donors (Lipinski definition) is 3. The van der Waals surface area contributed by atoms with Crippen molar-refractivity contribution in [3.05, 3.63) is 24.3 Å². The first-order valence-electron chi connectivity index (χ1n) is 9.38. The fourth-order valence-corrected chi connectivity index (χ4v) is 3.85. The van der Waals surface area contributed by atoms with Crippen LogP contribution in [0.2, 0.25) is 0 Å². The zero-order chi connectivity index (χ0) is 17.6. The topological polar surface area (TPSA) is 67.8 Å². The lowest BCUT2D eigenvalue weighted by atomic mass is 9.85. The van der Waals surface area contributed by atoms with Crippen molar-refractivity contribution in [1.29, 1.82) is 0 Å². The molecule has 6 heteroatoms. The summed E-state index contributed by atoms with van der Waals surface area (Å²) in [7, 11) is 2.14. The van der Waals surface area contributed by atoms with Gasteiger partial charge >= 0.3 is 6.03 Å². The van der Waals surface area contributed by atoms with Gasteiger partial charge in [-0.1, -0.05) is 25.0 Å². The average Bonchev–Trinajstić information content (AvgIpc) is 2.63. The Balaban J connectivity index is 1.63. The molecule has 2 amide bonds. The first kappa shape index (κ1) is 18.0. The molecule has 1 saturated carbocycles.